The van der Waals surface area contributed by atoms with Crippen LogP contribution in [-0.4, -0.2) is 86.7 Å². The van der Waals surface area contributed by atoms with Gasteiger partial charge in [-0.2, -0.15) is 0 Å². The quantitative estimate of drug-likeness (QED) is 0.707. The summed E-state index contributed by atoms with van der Waals surface area (Å²) in [4.78, 5) is 27.8. The number of rotatable bonds is 2. The Morgan fingerprint density at radius 2 is 1.74 bits per heavy atom. The second-order valence-corrected chi connectivity index (χ2v) is 8.00. The van der Waals surface area contributed by atoms with Gasteiger partial charge < -0.3 is 9.64 Å². The number of likely N-dealkylation sites (tertiary alicyclic amines) is 1. The molecule has 2 amide bonds. The number of carbonyl (C=O) groups excluding carboxylic acids is 2. The van der Waals surface area contributed by atoms with Crippen LogP contribution in [-0.2, 0) is 19.6 Å². The average Bonchev–Trinajstić information content (AvgIpc) is 2.79. The Morgan fingerprint density at radius 1 is 1.00 bits per heavy atom. The van der Waals surface area contributed by atoms with Crippen molar-refractivity contribution in [2.45, 2.75) is 31.7 Å². The van der Waals surface area contributed by atoms with Crippen LogP contribution in [0, 0.1) is 0 Å². The first-order chi connectivity index (χ1) is 10.8. The first-order valence-corrected chi connectivity index (χ1v) is 9.78. The summed E-state index contributed by atoms with van der Waals surface area (Å²) in [6.45, 7) is 2.11. The van der Waals surface area contributed by atoms with E-state index in [2.05, 4.69) is 0 Å². The maximum absolute atomic E-state index is 12.8. The average molecular weight is 347 g/mol. The van der Waals surface area contributed by atoms with Gasteiger partial charge in [0.2, 0.25) is 15.9 Å². The van der Waals surface area contributed by atoms with E-state index in [4.69, 9.17) is 4.74 Å². The van der Waals surface area contributed by atoms with Crippen LogP contribution in [0.5, 0.6) is 0 Å². The van der Waals surface area contributed by atoms with E-state index < -0.39 is 22.2 Å². The summed E-state index contributed by atoms with van der Waals surface area (Å²) in [7, 11) is -1.93. The van der Waals surface area contributed by atoms with E-state index in [9.17, 15) is 18.0 Å². The molecule has 2 aliphatic rings. The maximum atomic E-state index is 12.8. The molecule has 0 bridgehead atoms. The minimum absolute atomic E-state index is 0.106. The summed E-state index contributed by atoms with van der Waals surface area (Å²) in [5.41, 5.74) is 0. The molecule has 23 heavy (non-hydrogen) atoms. The van der Waals surface area contributed by atoms with Crippen molar-refractivity contribution in [3.05, 3.63) is 0 Å². The summed E-state index contributed by atoms with van der Waals surface area (Å²) in [5.74, 6) is -0.106. The first kappa shape index (κ1) is 18.0. The van der Waals surface area contributed by atoms with E-state index in [0.717, 1.165) is 12.8 Å². The van der Waals surface area contributed by atoms with Crippen LogP contribution >= 0.6 is 0 Å². The second kappa shape index (κ2) is 7.48. The van der Waals surface area contributed by atoms with Crippen molar-refractivity contribution in [1.29, 1.82) is 0 Å². The van der Waals surface area contributed by atoms with Gasteiger partial charge in [-0.3, -0.25) is 9.69 Å². The molecule has 0 aromatic rings. The molecule has 2 saturated heterocycles. The van der Waals surface area contributed by atoms with E-state index in [1.54, 1.807) is 4.90 Å². The molecule has 2 fully saturated rings. The Hall–Kier alpha value is -1.35. The van der Waals surface area contributed by atoms with Gasteiger partial charge in [-0.25, -0.2) is 17.5 Å². The Morgan fingerprint density at radius 3 is 2.39 bits per heavy atom. The third-order valence-corrected chi connectivity index (χ3v) is 5.74. The number of piperidine rings is 1. The van der Waals surface area contributed by atoms with Crippen LogP contribution in [0.3, 0.4) is 0 Å². The predicted molar refractivity (Wildman–Crippen MR) is 84.4 cm³/mol. The normalized spacial score (nSPS) is 24.2. The summed E-state index contributed by atoms with van der Waals surface area (Å²) in [5, 5.41) is 0. The van der Waals surface area contributed by atoms with Crippen LogP contribution in [0.1, 0.15) is 25.7 Å². The number of ether oxygens (including phenoxy) is 1. The molecule has 1 unspecified atom stereocenters. The molecule has 8 nitrogen and oxygen atoms in total. The van der Waals surface area contributed by atoms with Crippen molar-refractivity contribution in [3.8, 4) is 0 Å². The lowest BCUT2D eigenvalue weighted by molar-refractivity contribution is -0.137. The molecule has 132 valence electrons. The molecule has 9 heteroatoms. The van der Waals surface area contributed by atoms with Gasteiger partial charge in [0.25, 0.3) is 0 Å². The zero-order valence-electron chi connectivity index (χ0n) is 13.7. The zero-order valence-corrected chi connectivity index (χ0v) is 14.5. The van der Waals surface area contributed by atoms with Crippen LogP contribution in [0.2, 0.25) is 0 Å². The van der Waals surface area contributed by atoms with Crippen molar-refractivity contribution >= 4 is 22.0 Å². The summed E-state index contributed by atoms with van der Waals surface area (Å²) in [6.07, 6.45) is 3.69. The zero-order chi connectivity index (χ0) is 17.0. The molecular formula is C14H25N3O5S. The molecule has 2 heterocycles. The number of sulfonamides is 1. The lowest BCUT2D eigenvalue weighted by Crippen LogP contribution is -2.53. The largest absolute Gasteiger partial charge is 0.453 e. The highest BCUT2D eigenvalue weighted by Crippen LogP contribution is 2.21. The highest BCUT2D eigenvalue weighted by Gasteiger charge is 2.36. The van der Waals surface area contributed by atoms with Crippen LogP contribution < -0.4 is 0 Å². The van der Waals surface area contributed by atoms with E-state index in [-0.39, 0.29) is 5.91 Å². The molecular weight excluding hydrogens is 322 g/mol. The Labute approximate surface area is 137 Å². The molecule has 0 aromatic heterocycles. The number of amides is 2. The molecule has 0 spiro atoms. The van der Waals surface area contributed by atoms with Gasteiger partial charge >= 0.3 is 6.09 Å². The SMILES string of the molecule is COC(=O)N1CCCCC1C(=O)N1CCCN(S(C)(=O)=O)CC1. The van der Waals surface area contributed by atoms with Crippen molar-refractivity contribution in [2.24, 2.45) is 0 Å². The van der Waals surface area contributed by atoms with Crippen LogP contribution in [0.25, 0.3) is 0 Å². The minimum atomic E-state index is -3.24. The van der Waals surface area contributed by atoms with Gasteiger partial charge in [0.05, 0.1) is 13.4 Å². The fraction of sp³-hybridized carbons (Fsp3) is 0.857. The fourth-order valence-electron chi connectivity index (χ4n) is 3.18. The van der Waals surface area contributed by atoms with Gasteiger partial charge in [-0.05, 0) is 25.7 Å². The molecule has 2 rings (SSSR count). The molecule has 0 aromatic carbocycles. The summed E-state index contributed by atoms with van der Waals surface area (Å²) >= 11 is 0. The standard InChI is InChI=1S/C14H25N3O5S/c1-22-14(19)17-9-4-3-6-12(17)13(18)15-7-5-8-16(11-10-15)23(2,20)21/h12H,3-11H2,1-2H3. The number of hydrogen-bond donors (Lipinski definition) is 0. The minimum Gasteiger partial charge on any atom is -0.453 e. The molecule has 0 saturated carbocycles. The summed E-state index contributed by atoms with van der Waals surface area (Å²) in [6, 6.07) is -0.499. The van der Waals surface area contributed by atoms with E-state index in [1.165, 1.54) is 22.6 Å². The summed E-state index contributed by atoms with van der Waals surface area (Å²) < 4.78 is 29.5. The van der Waals surface area contributed by atoms with E-state index in [0.29, 0.717) is 45.6 Å². The smallest absolute Gasteiger partial charge is 0.410 e. The van der Waals surface area contributed by atoms with Crippen molar-refractivity contribution < 1.29 is 22.7 Å². The van der Waals surface area contributed by atoms with Crippen molar-refractivity contribution in [2.75, 3.05) is 46.1 Å². The van der Waals surface area contributed by atoms with Crippen LogP contribution in [0.15, 0.2) is 0 Å². The number of nitrogens with zero attached hydrogens (tertiary/aromatic N) is 3. The van der Waals surface area contributed by atoms with Crippen molar-refractivity contribution in [1.82, 2.24) is 14.1 Å². The van der Waals surface area contributed by atoms with Crippen LogP contribution in [0.4, 0.5) is 4.79 Å². The molecule has 1 atom stereocenters. The number of carbonyl (C=O) groups is 2. The fourth-order valence-corrected chi connectivity index (χ4v) is 4.05. The van der Waals surface area contributed by atoms with E-state index >= 15 is 0 Å². The monoisotopic (exact) mass is 347 g/mol. The topological polar surface area (TPSA) is 87.2 Å². The Balaban J connectivity index is 2.05. The third kappa shape index (κ3) is 4.35. The van der Waals surface area contributed by atoms with Gasteiger partial charge in [0, 0.05) is 32.7 Å². The Bertz CT molecular complexity index is 551. The highest BCUT2D eigenvalue weighted by atomic mass is 32.2. The lowest BCUT2D eigenvalue weighted by atomic mass is 10.0. The molecule has 2 aliphatic heterocycles. The maximum Gasteiger partial charge on any atom is 0.410 e. The Kier molecular flexibility index (Phi) is 5.85. The van der Waals surface area contributed by atoms with Gasteiger partial charge in [-0.1, -0.05) is 0 Å². The van der Waals surface area contributed by atoms with Gasteiger partial charge in [0.15, 0.2) is 0 Å². The third-order valence-electron chi connectivity index (χ3n) is 4.43. The second-order valence-electron chi connectivity index (χ2n) is 6.02. The number of hydrogen-bond acceptors (Lipinski definition) is 5. The molecule has 0 radical (unpaired) electrons. The van der Waals surface area contributed by atoms with Gasteiger partial charge in [0.1, 0.15) is 6.04 Å². The molecule has 0 N–H and O–H groups in total. The van der Waals surface area contributed by atoms with E-state index in [1.807, 2.05) is 0 Å². The molecule has 0 aliphatic carbocycles. The van der Waals surface area contributed by atoms with Gasteiger partial charge in [-0.15, -0.1) is 0 Å². The lowest BCUT2D eigenvalue weighted by Gasteiger charge is -2.36. The predicted octanol–water partition coefficient (Wildman–Crippen LogP) is 0.101. The van der Waals surface area contributed by atoms with Crippen molar-refractivity contribution in [3.63, 3.8) is 0 Å². The highest BCUT2D eigenvalue weighted by molar-refractivity contribution is 7.88. The first-order valence-electron chi connectivity index (χ1n) is 7.93. The number of methoxy groups -OCH3 is 1.